The molecular formula is C15H14BrN3O3S. The number of carbonyl (C=O) groups excluding carboxylic acids is 1. The number of nitrogen functional groups attached to an aromatic ring is 1. The highest BCUT2D eigenvalue weighted by atomic mass is 79.9. The van der Waals surface area contributed by atoms with Crippen molar-refractivity contribution in [2.45, 2.75) is 23.8 Å². The van der Waals surface area contributed by atoms with Crippen LogP contribution in [0.15, 0.2) is 43.2 Å². The van der Waals surface area contributed by atoms with Gasteiger partial charge in [-0.2, -0.15) is 0 Å². The molecule has 1 fully saturated rings. The van der Waals surface area contributed by atoms with Crippen molar-refractivity contribution in [2.75, 3.05) is 11.5 Å². The van der Waals surface area contributed by atoms with Crippen LogP contribution >= 0.6 is 27.7 Å². The molecule has 1 aliphatic rings. The number of aromatic nitrogens is 2. The number of ketones is 1. The molecule has 2 aromatic rings. The standard InChI is InChI=1S/C15H14BrN3O3S/c16-9-3-1-2-4-11(9)23-7-10(20)12-13(17)19(8-5-6-8)15(22)18-14(12)21/h1-4,8H,5-7,17H2,(H,18,21,22). The summed E-state index contributed by atoms with van der Waals surface area (Å²) in [5.74, 6) is -0.350. The van der Waals surface area contributed by atoms with Crippen LogP contribution in [0.4, 0.5) is 5.82 Å². The number of benzene rings is 1. The highest BCUT2D eigenvalue weighted by Gasteiger charge is 2.29. The van der Waals surface area contributed by atoms with E-state index in [0.717, 1.165) is 22.2 Å². The van der Waals surface area contributed by atoms with Crippen LogP contribution in [0.1, 0.15) is 29.2 Å². The van der Waals surface area contributed by atoms with Gasteiger partial charge in [0.1, 0.15) is 11.4 Å². The molecule has 120 valence electrons. The molecule has 8 heteroatoms. The first-order chi connectivity index (χ1) is 11.0. The molecule has 0 amide bonds. The summed E-state index contributed by atoms with van der Waals surface area (Å²) in [7, 11) is 0. The Kier molecular flexibility index (Phi) is 4.45. The molecule has 0 unspecified atom stereocenters. The van der Waals surface area contributed by atoms with E-state index in [-0.39, 0.29) is 29.0 Å². The van der Waals surface area contributed by atoms with Crippen molar-refractivity contribution < 1.29 is 4.79 Å². The average molecular weight is 396 g/mol. The fraction of sp³-hybridized carbons (Fsp3) is 0.267. The van der Waals surface area contributed by atoms with E-state index in [2.05, 4.69) is 20.9 Å². The van der Waals surface area contributed by atoms with Gasteiger partial charge in [-0.05, 0) is 40.9 Å². The van der Waals surface area contributed by atoms with Crippen LogP contribution in [0.3, 0.4) is 0 Å². The highest BCUT2D eigenvalue weighted by molar-refractivity contribution is 9.10. The first-order valence-electron chi connectivity index (χ1n) is 7.04. The SMILES string of the molecule is Nc1c(C(=O)CSc2ccccc2Br)c(=O)[nH]c(=O)n1C1CC1. The highest BCUT2D eigenvalue weighted by Crippen LogP contribution is 2.35. The zero-order chi connectivity index (χ0) is 16.6. The van der Waals surface area contributed by atoms with Crippen LogP contribution in [0, 0.1) is 0 Å². The van der Waals surface area contributed by atoms with Crippen LogP contribution < -0.4 is 17.0 Å². The molecule has 0 atom stereocenters. The number of carbonyl (C=O) groups is 1. The number of nitrogens with zero attached hydrogens (tertiary/aromatic N) is 1. The summed E-state index contributed by atoms with van der Waals surface area (Å²) in [5, 5.41) is 0. The van der Waals surface area contributed by atoms with Crippen LogP contribution in [-0.4, -0.2) is 21.1 Å². The molecule has 0 aliphatic heterocycles. The summed E-state index contributed by atoms with van der Waals surface area (Å²) < 4.78 is 2.19. The largest absolute Gasteiger partial charge is 0.384 e. The molecule has 1 saturated carbocycles. The summed E-state index contributed by atoms with van der Waals surface area (Å²) in [6.45, 7) is 0. The number of Topliss-reactive ketones (excluding diaryl/α,β-unsaturated/α-hetero) is 1. The van der Waals surface area contributed by atoms with Crippen molar-refractivity contribution in [3.8, 4) is 0 Å². The van der Waals surface area contributed by atoms with Crippen molar-refractivity contribution in [1.29, 1.82) is 0 Å². The lowest BCUT2D eigenvalue weighted by molar-refractivity contribution is 0.102. The molecule has 6 nitrogen and oxygen atoms in total. The number of aromatic amines is 1. The molecule has 3 N–H and O–H groups in total. The van der Waals surface area contributed by atoms with Gasteiger partial charge in [-0.15, -0.1) is 11.8 Å². The van der Waals surface area contributed by atoms with E-state index in [4.69, 9.17) is 5.73 Å². The zero-order valence-electron chi connectivity index (χ0n) is 12.0. The minimum Gasteiger partial charge on any atom is -0.384 e. The minimum absolute atomic E-state index is 0.0122. The summed E-state index contributed by atoms with van der Waals surface area (Å²) in [6, 6.07) is 7.49. The van der Waals surface area contributed by atoms with Gasteiger partial charge in [-0.1, -0.05) is 12.1 Å². The van der Waals surface area contributed by atoms with Gasteiger partial charge in [0.15, 0.2) is 5.78 Å². The molecule has 0 spiro atoms. The topological polar surface area (TPSA) is 98.0 Å². The second-order valence-corrected chi connectivity index (χ2v) is 7.13. The molecule has 23 heavy (non-hydrogen) atoms. The van der Waals surface area contributed by atoms with Gasteiger partial charge in [0.2, 0.25) is 0 Å². The van der Waals surface area contributed by atoms with Crippen molar-refractivity contribution in [3.63, 3.8) is 0 Å². The quantitative estimate of drug-likeness (QED) is 0.597. The van der Waals surface area contributed by atoms with Crippen LogP contribution in [0.25, 0.3) is 0 Å². The Labute approximate surface area is 144 Å². The van der Waals surface area contributed by atoms with Gasteiger partial charge < -0.3 is 5.73 Å². The van der Waals surface area contributed by atoms with Crippen molar-refractivity contribution in [2.24, 2.45) is 0 Å². The lowest BCUT2D eigenvalue weighted by Crippen LogP contribution is -2.36. The van der Waals surface area contributed by atoms with Crippen molar-refractivity contribution in [3.05, 3.63) is 55.1 Å². The number of rotatable bonds is 5. The maximum absolute atomic E-state index is 12.4. The van der Waals surface area contributed by atoms with Crippen molar-refractivity contribution >= 4 is 39.3 Å². The average Bonchev–Trinajstić information content (AvgIpc) is 3.30. The number of thioether (sulfide) groups is 1. The van der Waals surface area contributed by atoms with Crippen LogP contribution in [0.5, 0.6) is 0 Å². The number of anilines is 1. The van der Waals surface area contributed by atoms with Gasteiger partial charge in [-0.25, -0.2) is 4.79 Å². The minimum atomic E-state index is -0.720. The number of hydrogen-bond donors (Lipinski definition) is 2. The Morgan fingerprint density at radius 3 is 2.70 bits per heavy atom. The molecule has 0 bridgehead atoms. The lowest BCUT2D eigenvalue weighted by Gasteiger charge is -2.11. The van der Waals surface area contributed by atoms with E-state index in [1.807, 2.05) is 24.3 Å². The van der Waals surface area contributed by atoms with Gasteiger partial charge in [0.25, 0.3) is 5.56 Å². The zero-order valence-corrected chi connectivity index (χ0v) is 14.4. The van der Waals surface area contributed by atoms with Gasteiger partial charge in [0, 0.05) is 15.4 Å². The molecule has 0 saturated heterocycles. The summed E-state index contributed by atoms with van der Waals surface area (Å²) >= 11 is 4.72. The fourth-order valence-corrected chi connectivity index (χ4v) is 3.75. The lowest BCUT2D eigenvalue weighted by atomic mass is 10.2. The number of nitrogens with one attached hydrogen (secondary N) is 1. The second-order valence-electron chi connectivity index (χ2n) is 5.26. The number of H-pyrrole nitrogens is 1. The van der Waals surface area contributed by atoms with Gasteiger partial charge >= 0.3 is 5.69 Å². The predicted molar refractivity (Wildman–Crippen MR) is 93.2 cm³/mol. The molecule has 1 aromatic heterocycles. The monoisotopic (exact) mass is 395 g/mol. The number of hydrogen-bond acceptors (Lipinski definition) is 5. The van der Waals surface area contributed by atoms with E-state index < -0.39 is 11.2 Å². The fourth-order valence-electron chi connectivity index (χ4n) is 2.31. The first-order valence-corrected chi connectivity index (χ1v) is 8.81. The number of halogens is 1. The van der Waals surface area contributed by atoms with E-state index in [1.54, 1.807) is 0 Å². The Balaban J connectivity index is 1.88. The van der Waals surface area contributed by atoms with E-state index >= 15 is 0 Å². The molecule has 1 aliphatic carbocycles. The van der Waals surface area contributed by atoms with E-state index in [0.29, 0.717) is 0 Å². The third kappa shape index (κ3) is 3.28. The normalized spacial score (nSPS) is 14.0. The Bertz CT molecular complexity index is 886. The Hall–Kier alpha value is -1.80. The summed E-state index contributed by atoms with van der Waals surface area (Å²) in [5.41, 5.74) is 4.53. The summed E-state index contributed by atoms with van der Waals surface area (Å²) in [6.07, 6.45) is 1.66. The third-order valence-corrected chi connectivity index (χ3v) is 5.60. The third-order valence-electron chi connectivity index (χ3n) is 3.57. The summed E-state index contributed by atoms with van der Waals surface area (Å²) in [4.78, 5) is 39.3. The molecule has 1 aromatic carbocycles. The first kappa shape index (κ1) is 16.1. The second kappa shape index (κ2) is 6.37. The molecule has 0 radical (unpaired) electrons. The molecule has 1 heterocycles. The molecular weight excluding hydrogens is 382 g/mol. The van der Waals surface area contributed by atoms with Crippen molar-refractivity contribution in [1.82, 2.24) is 9.55 Å². The van der Waals surface area contributed by atoms with Gasteiger partial charge in [0.05, 0.1) is 5.75 Å². The Morgan fingerprint density at radius 1 is 1.35 bits per heavy atom. The maximum Gasteiger partial charge on any atom is 0.330 e. The number of nitrogens with two attached hydrogens (primary N) is 1. The predicted octanol–water partition coefficient (Wildman–Crippen LogP) is 2.19. The molecule has 3 rings (SSSR count). The smallest absolute Gasteiger partial charge is 0.330 e. The van der Waals surface area contributed by atoms with E-state index in [1.165, 1.54) is 16.3 Å². The van der Waals surface area contributed by atoms with Gasteiger partial charge in [-0.3, -0.25) is 19.1 Å². The van der Waals surface area contributed by atoms with E-state index in [9.17, 15) is 14.4 Å². The van der Waals surface area contributed by atoms with Crippen LogP contribution in [-0.2, 0) is 0 Å². The Morgan fingerprint density at radius 2 is 2.04 bits per heavy atom. The van der Waals surface area contributed by atoms with Crippen LogP contribution in [0.2, 0.25) is 0 Å². The maximum atomic E-state index is 12.4.